The first kappa shape index (κ1) is 19.4. The second kappa shape index (κ2) is 10.9. The summed E-state index contributed by atoms with van der Waals surface area (Å²) in [6.07, 6.45) is 5.00. The van der Waals surface area contributed by atoms with E-state index in [1.165, 1.54) is 0 Å². The van der Waals surface area contributed by atoms with E-state index in [0.717, 1.165) is 42.6 Å². The first-order valence-electron chi connectivity index (χ1n) is 8.55. The summed E-state index contributed by atoms with van der Waals surface area (Å²) in [5.74, 6) is 0.816. The minimum absolute atomic E-state index is 0.0182. The Labute approximate surface area is 158 Å². The number of rotatable bonds is 11. The molecule has 0 saturated heterocycles. The largest absolute Gasteiger partial charge is 0.494 e. The molecule has 0 aliphatic rings. The predicted molar refractivity (Wildman–Crippen MR) is 106 cm³/mol. The Morgan fingerprint density at radius 3 is 2.28 bits per heavy atom. The van der Waals surface area contributed by atoms with Gasteiger partial charge in [-0.25, -0.2) is 0 Å². The topological polar surface area (TPSA) is 38.3 Å². The molecule has 0 bridgehead atoms. The molecule has 2 aromatic rings. The van der Waals surface area contributed by atoms with Gasteiger partial charge in [0.2, 0.25) is 0 Å². The summed E-state index contributed by atoms with van der Waals surface area (Å²) in [6.45, 7) is 6.36. The fourth-order valence-electron chi connectivity index (χ4n) is 2.34. The SMILES string of the molecule is C=CCCNCCCCOc1ccc(C(=O)c2ccc(Br)cc2)cc1. The molecule has 0 radical (unpaired) electrons. The molecule has 0 saturated carbocycles. The Morgan fingerprint density at radius 1 is 1.00 bits per heavy atom. The Balaban J connectivity index is 1.73. The molecule has 0 fully saturated rings. The quantitative estimate of drug-likeness (QED) is 0.326. The number of carbonyl (C=O) groups is 1. The third-order valence-electron chi connectivity index (χ3n) is 3.76. The van der Waals surface area contributed by atoms with Gasteiger partial charge in [-0.3, -0.25) is 4.79 Å². The van der Waals surface area contributed by atoms with Crippen LogP contribution in [0.15, 0.2) is 65.7 Å². The smallest absolute Gasteiger partial charge is 0.193 e. The zero-order valence-electron chi connectivity index (χ0n) is 14.3. The van der Waals surface area contributed by atoms with Gasteiger partial charge in [-0.05, 0) is 80.9 Å². The molecule has 0 unspecified atom stereocenters. The number of benzene rings is 2. The van der Waals surface area contributed by atoms with Crippen molar-refractivity contribution in [1.82, 2.24) is 5.32 Å². The molecule has 4 heteroatoms. The summed E-state index contributed by atoms with van der Waals surface area (Å²) in [5, 5.41) is 3.36. The van der Waals surface area contributed by atoms with Gasteiger partial charge in [0.05, 0.1) is 6.61 Å². The fraction of sp³-hybridized carbons (Fsp3) is 0.286. The van der Waals surface area contributed by atoms with E-state index >= 15 is 0 Å². The normalized spacial score (nSPS) is 10.4. The highest BCUT2D eigenvalue weighted by molar-refractivity contribution is 9.10. The molecule has 2 rings (SSSR count). The van der Waals surface area contributed by atoms with Crippen LogP contribution < -0.4 is 10.1 Å². The van der Waals surface area contributed by atoms with Crippen molar-refractivity contribution >= 4 is 21.7 Å². The van der Waals surface area contributed by atoms with E-state index < -0.39 is 0 Å². The van der Waals surface area contributed by atoms with Gasteiger partial charge in [0.15, 0.2) is 5.78 Å². The van der Waals surface area contributed by atoms with Gasteiger partial charge in [-0.15, -0.1) is 6.58 Å². The van der Waals surface area contributed by atoms with Crippen LogP contribution >= 0.6 is 15.9 Å². The van der Waals surface area contributed by atoms with Gasteiger partial charge in [0.25, 0.3) is 0 Å². The number of ketones is 1. The summed E-state index contributed by atoms with van der Waals surface area (Å²) in [6, 6.07) is 14.7. The van der Waals surface area contributed by atoms with Crippen LogP contribution in [0.1, 0.15) is 35.2 Å². The second-order valence-corrected chi connectivity index (χ2v) is 6.66. The lowest BCUT2D eigenvalue weighted by Crippen LogP contribution is -2.16. The number of carbonyl (C=O) groups excluding carboxylic acids is 1. The summed E-state index contributed by atoms with van der Waals surface area (Å²) in [5.41, 5.74) is 1.35. The number of halogens is 1. The van der Waals surface area contributed by atoms with Gasteiger partial charge in [0, 0.05) is 15.6 Å². The molecule has 0 aliphatic heterocycles. The molecular weight excluding hydrogens is 378 g/mol. The minimum atomic E-state index is 0.0182. The molecule has 1 N–H and O–H groups in total. The van der Waals surface area contributed by atoms with Crippen LogP contribution in [0.4, 0.5) is 0 Å². The predicted octanol–water partition coefficient (Wildman–Crippen LogP) is 5.00. The Morgan fingerprint density at radius 2 is 1.64 bits per heavy atom. The van der Waals surface area contributed by atoms with Crippen molar-refractivity contribution in [3.8, 4) is 5.75 Å². The molecule has 2 aromatic carbocycles. The number of nitrogens with one attached hydrogen (secondary N) is 1. The maximum absolute atomic E-state index is 12.4. The molecule has 0 atom stereocenters. The van der Waals surface area contributed by atoms with Crippen LogP contribution in [0.2, 0.25) is 0 Å². The van der Waals surface area contributed by atoms with Crippen molar-refractivity contribution in [2.45, 2.75) is 19.3 Å². The minimum Gasteiger partial charge on any atom is -0.494 e. The van der Waals surface area contributed by atoms with Crippen molar-refractivity contribution < 1.29 is 9.53 Å². The molecule has 0 heterocycles. The molecule has 0 aliphatic carbocycles. The average Bonchev–Trinajstić information content (AvgIpc) is 2.64. The number of hydrogen-bond donors (Lipinski definition) is 1. The maximum Gasteiger partial charge on any atom is 0.193 e. The van der Waals surface area contributed by atoms with E-state index in [1.807, 2.05) is 54.6 Å². The Bertz CT molecular complexity index is 665. The van der Waals surface area contributed by atoms with Crippen LogP contribution in [-0.2, 0) is 0 Å². The Kier molecular flexibility index (Phi) is 8.43. The number of ether oxygens (including phenoxy) is 1. The highest BCUT2D eigenvalue weighted by atomic mass is 79.9. The third kappa shape index (κ3) is 6.85. The Hall–Kier alpha value is -1.91. The zero-order valence-corrected chi connectivity index (χ0v) is 15.9. The number of unbranched alkanes of at least 4 members (excludes halogenated alkanes) is 1. The second-order valence-electron chi connectivity index (χ2n) is 5.74. The first-order chi connectivity index (χ1) is 12.2. The summed E-state index contributed by atoms with van der Waals surface area (Å²) >= 11 is 3.38. The molecule has 0 spiro atoms. The van der Waals surface area contributed by atoms with Crippen molar-refractivity contribution in [2.24, 2.45) is 0 Å². The van der Waals surface area contributed by atoms with E-state index in [2.05, 4.69) is 27.8 Å². The van der Waals surface area contributed by atoms with Crippen LogP contribution in [-0.4, -0.2) is 25.5 Å². The van der Waals surface area contributed by atoms with Crippen molar-refractivity contribution in [3.05, 3.63) is 76.8 Å². The van der Waals surface area contributed by atoms with Crippen LogP contribution in [0.25, 0.3) is 0 Å². The summed E-state index contributed by atoms with van der Waals surface area (Å²) in [7, 11) is 0. The van der Waals surface area contributed by atoms with Crippen LogP contribution in [0.3, 0.4) is 0 Å². The van der Waals surface area contributed by atoms with E-state index in [-0.39, 0.29) is 5.78 Å². The van der Waals surface area contributed by atoms with E-state index in [4.69, 9.17) is 4.74 Å². The maximum atomic E-state index is 12.4. The average molecular weight is 402 g/mol. The lowest BCUT2D eigenvalue weighted by atomic mass is 10.0. The molecule has 0 amide bonds. The van der Waals surface area contributed by atoms with Crippen molar-refractivity contribution in [2.75, 3.05) is 19.7 Å². The first-order valence-corrected chi connectivity index (χ1v) is 9.35. The summed E-state index contributed by atoms with van der Waals surface area (Å²) < 4.78 is 6.69. The highest BCUT2D eigenvalue weighted by Gasteiger charge is 2.08. The molecule has 25 heavy (non-hydrogen) atoms. The van der Waals surface area contributed by atoms with Gasteiger partial charge in [-0.2, -0.15) is 0 Å². The van der Waals surface area contributed by atoms with E-state index in [0.29, 0.717) is 17.7 Å². The standard InChI is InChI=1S/C21H24BrNO2/c1-2-3-14-23-15-4-5-16-25-20-12-8-18(9-13-20)21(24)17-6-10-19(22)11-7-17/h2,6-13,23H,1,3-5,14-16H2. The van der Waals surface area contributed by atoms with Crippen molar-refractivity contribution in [1.29, 1.82) is 0 Å². The van der Waals surface area contributed by atoms with E-state index in [1.54, 1.807) is 0 Å². The van der Waals surface area contributed by atoms with E-state index in [9.17, 15) is 4.79 Å². The van der Waals surface area contributed by atoms with Crippen molar-refractivity contribution in [3.63, 3.8) is 0 Å². The summed E-state index contributed by atoms with van der Waals surface area (Å²) in [4.78, 5) is 12.4. The van der Waals surface area contributed by atoms with Gasteiger partial charge in [-0.1, -0.05) is 22.0 Å². The fourth-order valence-corrected chi connectivity index (χ4v) is 2.61. The lowest BCUT2D eigenvalue weighted by Gasteiger charge is -2.08. The lowest BCUT2D eigenvalue weighted by molar-refractivity contribution is 0.103. The van der Waals surface area contributed by atoms with Crippen LogP contribution in [0, 0.1) is 0 Å². The van der Waals surface area contributed by atoms with Gasteiger partial charge >= 0.3 is 0 Å². The monoisotopic (exact) mass is 401 g/mol. The zero-order chi connectivity index (χ0) is 17.9. The van der Waals surface area contributed by atoms with Gasteiger partial charge in [0.1, 0.15) is 5.75 Å². The highest BCUT2D eigenvalue weighted by Crippen LogP contribution is 2.17. The van der Waals surface area contributed by atoms with Crippen LogP contribution in [0.5, 0.6) is 5.75 Å². The third-order valence-corrected chi connectivity index (χ3v) is 4.29. The molecule has 0 aromatic heterocycles. The number of hydrogen-bond acceptors (Lipinski definition) is 3. The molecule has 132 valence electrons. The molecular formula is C21H24BrNO2. The van der Waals surface area contributed by atoms with Gasteiger partial charge < -0.3 is 10.1 Å². The molecule has 3 nitrogen and oxygen atoms in total.